The molecule has 136 valence electrons. The first-order valence-electron chi connectivity index (χ1n) is 7.73. The fraction of sp³-hybridized carbons (Fsp3) is 0.714. The lowest BCUT2D eigenvalue weighted by Crippen LogP contribution is -2.31. The average Bonchev–Trinajstić information content (AvgIpc) is 3.04. The molecule has 0 radical (unpaired) electrons. The second kappa shape index (κ2) is 12.5. The summed E-state index contributed by atoms with van der Waals surface area (Å²) in [5.74, 6) is 0.744. The summed E-state index contributed by atoms with van der Waals surface area (Å²) in [5, 5.41) is 10.9. The number of carbonyl (C=O) groups is 2. The van der Waals surface area contributed by atoms with Crippen LogP contribution < -0.4 is 5.32 Å². The Hall–Kier alpha value is -0.840. The molecule has 2 amide bonds. The summed E-state index contributed by atoms with van der Waals surface area (Å²) in [6, 6.07) is 0. The lowest BCUT2D eigenvalue weighted by Gasteiger charge is -2.17. The third kappa shape index (κ3) is 8.32. The molecule has 0 aliphatic heterocycles. The molecule has 1 heterocycles. The molecule has 1 aromatic heterocycles. The lowest BCUT2D eigenvalue weighted by molar-refractivity contribution is -0.128. The third-order valence-electron chi connectivity index (χ3n) is 3.00. The number of nitrogens with one attached hydrogen (secondary N) is 1. The molecule has 0 aliphatic carbocycles. The van der Waals surface area contributed by atoms with Gasteiger partial charge in [-0.15, -0.1) is 10.2 Å². The third-order valence-corrected chi connectivity index (χ3v) is 6.17. The van der Waals surface area contributed by atoms with E-state index in [2.05, 4.69) is 15.5 Å². The first-order valence-corrected chi connectivity index (χ1v) is 10.5. The number of hydrogen-bond donors (Lipinski definition) is 1. The highest BCUT2D eigenvalue weighted by Crippen LogP contribution is 2.28. The van der Waals surface area contributed by atoms with Gasteiger partial charge >= 0.3 is 0 Å². The van der Waals surface area contributed by atoms with E-state index in [1.54, 1.807) is 12.0 Å². The fourth-order valence-electron chi connectivity index (χ4n) is 1.73. The number of aromatic nitrogens is 2. The first kappa shape index (κ1) is 21.2. The zero-order chi connectivity index (χ0) is 17.8. The van der Waals surface area contributed by atoms with Crippen LogP contribution in [0.4, 0.5) is 0 Å². The van der Waals surface area contributed by atoms with E-state index in [1.807, 2.05) is 13.8 Å². The van der Waals surface area contributed by atoms with Crippen LogP contribution in [0.5, 0.6) is 0 Å². The predicted octanol–water partition coefficient (Wildman–Crippen LogP) is 1.74. The van der Waals surface area contributed by atoms with Gasteiger partial charge in [0.15, 0.2) is 8.68 Å². The number of amides is 2. The van der Waals surface area contributed by atoms with Gasteiger partial charge in [-0.05, 0) is 20.3 Å². The van der Waals surface area contributed by atoms with E-state index in [0.29, 0.717) is 37.7 Å². The molecule has 0 saturated heterocycles. The Morgan fingerprint density at radius 1 is 1.17 bits per heavy atom. The van der Waals surface area contributed by atoms with E-state index >= 15 is 0 Å². The highest BCUT2D eigenvalue weighted by atomic mass is 32.2. The van der Waals surface area contributed by atoms with Crippen LogP contribution in [-0.2, 0) is 14.3 Å². The van der Waals surface area contributed by atoms with E-state index in [4.69, 9.17) is 4.74 Å². The minimum atomic E-state index is -0.0304. The summed E-state index contributed by atoms with van der Waals surface area (Å²) in [6.07, 6.45) is 0.799. The monoisotopic (exact) mass is 392 g/mol. The second-order valence-electron chi connectivity index (χ2n) is 4.67. The summed E-state index contributed by atoms with van der Waals surface area (Å²) in [7, 11) is 1.64. The van der Waals surface area contributed by atoms with Crippen molar-refractivity contribution in [3.63, 3.8) is 0 Å². The zero-order valence-corrected chi connectivity index (χ0v) is 16.7. The topological polar surface area (TPSA) is 84.4 Å². The van der Waals surface area contributed by atoms with Gasteiger partial charge < -0.3 is 15.0 Å². The molecule has 0 atom stereocenters. The Morgan fingerprint density at radius 2 is 1.79 bits per heavy atom. The number of nitrogens with zero attached hydrogens (tertiary/aromatic N) is 3. The maximum absolute atomic E-state index is 11.9. The van der Waals surface area contributed by atoms with Crippen LogP contribution in [0.25, 0.3) is 0 Å². The van der Waals surface area contributed by atoms with Crippen molar-refractivity contribution in [1.29, 1.82) is 0 Å². The predicted molar refractivity (Wildman–Crippen MR) is 98.8 cm³/mol. The largest absolute Gasteiger partial charge is 0.385 e. The van der Waals surface area contributed by atoms with Gasteiger partial charge in [0, 0.05) is 33.4 Å². The number of thioether (sulfide) groups is 2. The van der Waals surface area contributed by atoms with Gasteiger partial charge in [0.25, 0.3) is 0 Å². The minimum absolute atomic E-state index is 0.0304. The number of rotatable bonds is 12. The Balaban J connectivity index is 2.28. The molecule has 1 aromatic rings. The normalized spacial score (nSPS) is 10.6. The van der Waals surface area contributed by atoms with Gasteiger partial charge in [0.2, 0.25) is 11.8 Å². The SMILES string of the molecule is CCN(CC)C(=O)CSc1nnc(SCC(=O)NCCCOC)s1. The summed E-state index contributed by atoms with van der Waals surface area (Å²) >= 11 is 4.15. The summed E-state index contributed by atoms with van der Waals surface area (Å²) < 4.78 is 6.41. The Morgan fingerprint density at radius 3 is 2.38 bits per heavy atom. The van der Waals surface area contributed by atoms with E-state index < -0.39 is 0 Å². The smallest absolute Gasteiger partial charge is 0.233 e. The molecular weight excluding hydrogens is 368 g/mol. The molecule has 1 rings (SSSR count). The Labute approximate surface area is 155 Å². The zero-order valence-electron chi connectivity index (χ0n) is 14.2. The van der Waals surface area contributed by atoms with Crippen molar-refractivity contribution in [3.8, 4) is 0 Å². The maximum Gasteiger partial charge on any atom is 0.233 e. The number of methoxy groups -OCH3 is 1. The molecule has 24 heavy (non-hydrogen) atoms. The first-order chi connectivity index (χ1) is 11.6. The minimum Gasteiger partial charge on any atom is -0.385 e. The number of hydrogen-bond acceptors (Lipinski definition) is 8. The van der Waals surface area contributed by atoms with Gasteiger partial charge in [-0.3, -0.25) is 9.59 Å². The molecule has 10 heteroatoms. The van der Waals surface area contributed by atoms with E-state index in [0.717, 1.165) is 15.1 Å². The quantitative estimate of drug-likeness (QED) is 0.428. The van der Waals surface area contributed by atoms with E-state index in [9.17, 15) is 9.59 Å². The van der Waals surface area contributed by atoms with Crippen molar-refractivity contribution in [2.24, 2.45) is 0 Å². The molecular formula is C14H24N4O3S3. The van der Waals surface area contributed by atoms with Gasteiger partial charge in [0.05, 0.1) is 11.5 Å². The molecule has 0 aromatic carbocycles. The Kier molecular flexibility index (Phi) is 11.1. The van der Waals surface area contributed by atoms with Crippen LogP contribution >= 0.6 is 34.9 Å². The summed E-state index contributed by atoms with van der Waals surface area (Å²) in [4.78, 5) is 25.4. The van der Waals surface area contributed by atoms with Gasteiger partial charge in [-0.25, -0.2) is 0 Å². The van der Waals surface area contributed by atoms with Crippen molar-refractivity contribution >= 4 is 46.7 Å². The highest BCUT2D eigenvalue weighted by molar-refractivity contribution is 8.03. The molecule has 7 nitrogen and oxygen atoms in total. The van der Waals surface area contributed by atoms with Crippen LogP contribution in [0, 0.1) is 0 Å². The molecule has 0 aliphatic rings. The van der Waals surface area contributed by atoms with Crippen molar-refractivity contribution in [2.45, 2.75) is 28.9 Å². The standard InChI is InChI=1S/C14H24N4O3S3/c1-4-18(5-2)12(20)10-23-14-17-16-13(24-14)22-9-11(19)15-7-6-8-21-3/h4-10H2,1-3H3,(H,15,19). The maximum atomic E-state index is 11.9. The highest BCUT2D eigenvalue weighted by Gasteiger charge is 2.13. The van der Waals surface area contributed by atoms with Gasteiger partial charge in [0.1, 0.15) is 0 Å². The molecule has 0 unspecified atom stereocenters. The van der Waals surface area contributed by atoms with Gasteiger partial charge in [-0.2, -0.15) is 0 Å². The summed E-state index contributed by atoms with van der Waals surface area (Å²) in [5.41, 5.74) is 0. The second-order valence-corrected chi connectivity index (χ2v) is 8.10. The van der Waals surface area contributed by atoms with Crippen molar-refractivity contribution in [3.05, 3.63) is 0 Å². The van der Waals surface area contributed by atoms with E-state index in [1.165, 1.54) is 34.9 Å². The Bertz CT molecular complexity index is 509. The number of ether oxygens (including phenoxy) is 1. The molecule has 0 saturated carbocycles. The van der Waals surface area contributed by atoms with Crippen LogP contribution in [0.1, 0.15) is 20.3 Å². The lowest BCUT2D eigenvalue weighted by atomic mass is 10.4. The fourth-order valence-corrected chi connectivity index (χ4v) is 4.48. The molecule has 0 spiro atoms. The molecule has 1 N–H and O–H groups in total. The molecule has 0 bridgehead atoms. The van der Waals surface area contributed by atoms with Crippen molar-refractivity contribution in [1.82, 2.24) is 20.4 Å². The number of carbonyl (C=O) groups excluding carboxylic acids is 2. The van der Waals surface area contributed by atoms with Crippen molar-refractivity contribution < 1.29 is 14.3 Å². The van der Waals surface area contributed by atoms with Crippen LogP contribution in [0.2, 0.25) is 0 Å². The van der Waals surface area contributed by atoms with Crippen LogP contribution in [0.3, 0.4) is 0 Å². The van der Waals surface area contributed by atoms with Crippen LogP contribution in [-0.4, -0.2) is 71.8 Å². The molecule has 0 fully saturated rings. The van der Waals surface area contributed by atoms with Crippen LogP contribution in [0.15, 0.2) is 8.68 Å². The van der Waals surface area contributed by atoms with E-state index in [-0.39, 0.29) is 11.8 Å². The van der Waals surface area contributed by atoms with Crippen molar-refractivity contribution in [2.75, 3.05) is 44.9 Å². The van der Waals surface area contributed by atoms with Gasteiger partial charge in [-0.1, -0.05) is 34.9 Å². The average molecular weight is 393 g/mol. The summed E-state index contributed by atoms with van der Waals surface area (Å²) in [6.45, 7) is 6.60.